The van der Waals surface area contributed by atoms with E-state index in [1.54, 1.807) is 12.1 Å². The third-order valence-corrected chi connectivity index (χ3v) is 2.70. The number of ether oxygens (including phenoxy) is 3. The molecule has 1 N–H and O–H groups in total. The summed E-state index contributed by atoms with van der Waals surface area (Å²) in [5, 5.41) is 9.67. The van der Waals surface area contributed by atoms with Crippen LogP contribution in [-0.4, -0.2) is 30.0 Å². The van der Waals surface area contributed by atoms with E-state index in [1.165, 1.54) is 13.2 Å². The van der Waals surface area contributed by atoms with Crippen LogP contribution in [0.1, 0.15) is 10.5 Å². The van der Waals surface area contributed by atoms with Gasteiger partial charge < -0.3 is 19.3 Å². The number of hydrogen-bond donors (Lipinski definition) is 1. The van der Waals surface area contributed by atoms with E-state index in [1.807, 2.05) is 0 Å². The molecule has 0 amide bonds. The lowest BCUT2D eigenvalue weighted by Gasteiger charge is -2.07. The monoisotopic (exact) mass is 247 g/mol. The SMILES string of the molecule is COc1cc(C(=O)O)nc2cc3c(cc12)OCO3. The molecule has 6 nitrogen and oxygen atoms in total. The van der Waals surface area contributed by atoms with Crippen LogP contribution in [0.15, 0.2) is 18.2 Å². The fourth-order valence-electron chi connectivity index (χ4n) is 1.86. The normalized spacial score (nSPS) is 12.7. The first-order valence-corrected chi connectivity index (χ1v) is 5.20. The molecule has 1 aromatic carbocycles. The van der Waals surface area contributed by atoms with Gasteiger partial charge in [-0.3, -0.25) is 0 Å². The zero-order valence-corrected chi connectivity index (χ0v) is 9.47. The van der Waals surface area contributed by atoms with Gasteiger partial charge in [-0.15, -0.1) is 0 Å². The number of fused-ring (bicyclic) bond motifs is 2. The highest BCUT2D eigenvalue weighted by Crippen LogP contribution is 2.38. The number of pyridine rings is 1. The third-order valence-electron chi connectivity index (χ3n) is 2.70. The molecule has 0 aliphatic carbocycles. The van der Waals surface area contributed by atoms with Crippen molar-refractivity contribution in [1.29, 1.82) is 0 Å². The predicted molar refractivity (Wildman–Crippen MR) is 61.4 cm³/mol. The molecule has 3 rings (SSSR count). The summed E-state index contributed by atoms with van der Waals surface area (Å²) in [5.41, 5.74) is 0.425. The van der Waals surface area contributed by atoms with Gasteiger partial charge in [0.1, 0.15) is 5.75 Å². The molecule has 0 saturated heterocycles. The van der Waals surface area contributed by atoms with Gasteiger partial charge in [0.05, 0.1) is 12.6 Å². The molecule has 18 heavy (non-hydrogen) atoms. The summed E-state index contributed by atoms with van der Waals surface area (Å²) in [5.74, 6) is 0.494. The standard InChI is InChI=1S/C12H9NO5/c1-16-9-4-8(12(14)15)13-7-3-11-10(2-6(7)9)17-5-18-11/h2-4H,5H2,1H3,(H,14,15). The number of benzene rings is 1. The Morgan fingerprint density at radius 1 is 1.33 bits per heavy atom. The number of carbonyl (C=O) groups is 1. The molecule has 0 unspecified atom stereocenters. The zero-order valence-electron chi connectivity index (χ0n) is 9.47. The Bertz CT molecular complexity index is 652. The molecule has 92 valence electrons. The molecule has 1 aliphatic heterocycles. The Morgan fingerprint density at radius 2 is 2.06 bits per heavy atom. The molecular formula is C12H9NO5. The highest BCUT2D eigenvalue weighted by molar-refractivity contribution is 5.94. The van der Waals surface area contributed by atoms with E-state index in [4.69, 9.17) is 19.3 Å². The van der Waals surface area contributed by atoms with E-state index < -0.39 is 5.97 Å². The average Bonchev–Trinajstić information content (AvgIpc) is 2.81. The van der Waals surface area contributed by atoms with Crippen LogP contribution in [0.5, 0.6) is 17.2 Å². The van der Waals surface area contributed by atoms with E-state index in [0.717, 1.165) is 0 Å². The summed E-state index contributed by atoms with van der Waals surface area (Å²) in [6, 6.07) is 4.76. The average molecular weight is 247 g/mol. The molecule has 0 saturated carbocycles. The van der Waals surface area contributed by atoms with Crippen molar-refractivity contribution in [1.82, 2.24) is 4.98 Å². The van der Waals surface area contributed by atoms with Crippen molar-refractivity contribution in [2.45, 2.75) is 0 Å². The van der Waals surface area contributed by atoms with Crippen LogP contribution in [0.25, 0.3) is 10.9 Å². The summed E-state index contributed by atoms with van der Waals surface area (Å²) in [6.07, 6.45) is 0. The van der Waals surface area contributed by atoms with Gasteiger partial charge in [-0.25, -0.2) is 9.78 Å². The number of hydrogen-bond acceptors (Lipinski definition) is 5. The Morgan fingerprint density at radius 3 is 2.72 bits per heavy atom. The number of aromatic carboxylic acids is 1. The second-order valence-electron chi connectivity index (χ2n) is 3.74. The number of aromatic nitrogens is 1. The van der Waals surface area contributed by atoms with Gasteiger partial charge in [0.25, 0.3) is 0 Å². The highest BCUT2D eigenvalue weighted by Gasteiger charge is 2.18. The van der Waals surface area contributed by atoms with E-state index in [0.29, 0.717) is 28.2 Å². The molecule has 0 radical (unpaired) electrons. The summed E-state index contributed by atoms with van der Waals surface area (Å²) in [7, 11) is 1.48. The maximum atomic E-state index is 11.0. The lowest BCUT2D eigenvalue weighted by atomic mass is 10.1. The zero-order chi connectivity index (χ0) is 12.7. The first-order chi connectivity index (χ1) is 8.69. The Hall–Kier alpha value is -2.50. The highest BCUT2D eigenvalue weighted by atomic mass is 16.7. The van der Waals surface area contributed by atoms with Gasteiger partial charge in [0.15, 0.2) is 17.2 Å². The summed E-state index contributed by atoms with van der Waals surface area (Å²) >= 11 is 0. The summed E-state index contributed by atoms with van der Waals surface area (Å²) < 4.78 is 15.7. The van der Waals surface area contributed by atoms with Crippen molar-refractivity contribution >= 4 is 16.9 Å². The fourth-order valence-corrected chi connectivity index (χ4v) is 1.86. The maximum absolute atomic E-state index is 11.0. The number of nitrogens with zero attached hydrogens (tertiary/aromatic N) is 1. The van der Waals surface area contributed by atoms with Crippen LogP contribution < -0.4 is 14.2 Å². The molecule has 6 heteroatoms. The van der Waals surface area contributed by atoms with Gasteiger partial charge in [-0.1, -0.05) is 0 Å². The van der Waals surface area contributed by atoms with Crippen molar-refractivity contribution in [3.63, 3.8) is 0 Å². The van der Waals surface area contributed by atoms with Crippen molar-refractivity contribution in [2.75, 3.05) is 13.9 Å². The minimum atomic E-state index is -1.10. The van der Waals surface area contributed by atoms with Gasteiger partial charge in [0.2, 0.25) is 6.79 Å². The predicted octanol–water partition coefficient (Wildman–Crippen LogP) is 1.67. The molecule has 2 aromatic rings. The third kappa shape index (κ3) is 1.50. The number of rotatable bonds is 2. The lowest BCUT2D eigenvalue weighted by molar-refractivity contribution is 0.0690. The van der Waals surface area contributed by atoms with Crippen molar-refractivity contribution in [2.24, 2.45) is 0 Å². The van der Waals surface area contributed by atoms with E-state index in [2.05, 4.69) is 4.98 Å². The number of methoxy groups -OCH3 is 1. The minimum Gasteiger partial charge on any atom is -0.496 e. The van der Waals surface area contributed by atoms with Crippen molar-refractivity contribution in [3.05, 3.63) is 23.9 Å². The lowest BCUT2D eigenvalue weighted by Crippen LogP contribution is -2.01. The topological polar surface area (TPSA) is 77.9 Å². The van der Waals surface area contributed by atoms with Crippen molar-refractivity contribution in [3.8, 4) is 17.2 Å². The van der Waals surface area contributed by atoms with Crippen LogP contribution in [-0.2, 0) is 0 Å². The number of carboxylic acids is 1. The van der Waals surface area contributed by atoms with Crippen LogP contribution >= 0.6 is 0 Å². The van der Waals surface area contributed by atoms with Gasteiger partial charge >= 0.3 is 5.97 Å². The van der Waals surface area contributed by atoms with E-state index >= 15 is 0 Å². The smallest absolute Gasteiger partial charge is 0.354 e. The van der Waals surface area contributed by atoms with Crippen LogP contribution in [0.4, 0.5) is 0 Å². The molecule has 0 bridgehead atoms. The molecule has 2 heterocycles. The molecular weight excluding hydrogens is 238 g/mol. The van der Waals surface area contributed by atoms with Gasteiger partial charge in [0, 0.05) is 17.5 Å². The van der Waals surface area contributed by atoms with Crippen LogP contribution in [0.3, 0.4) is 0 Å². The Kier molecular flexibility index (Phi) is 2.22. The Labute approximate surface area is 102 Å². The fraction of sp³-hybridized carbons (Fsp3) is 0.167. The second kappa shape index (κ2) is 3.76. The minimum absolute atomic E-state index is 0.0711. The van der Waals surface area contributed by atoms with Crippen LogP contribution in [0.2, 0.25) is 0 Å². The Balaban J connectivity index is 2.31. The second-order valence-corrected chi connectivity index (χ2v) is 3.74. The first kappa shape index (κ1) is 10.6. The number of carboxylic acid groups (broad SMARTS) is 1. The van der Waals surface area contributed by atoms with E-state index in [-0.39, 0.29) is 12.5 Å². The maximum Gasteiger partial charge on any atom is 0.354 e. The quantitative estimate of drug-likeness (QED) is 0.869. The summed E-state index contributed by atoms with van der Waals surface area (Å²) in [6.45, 7) is 0.153. The largest absolute Gasteiger partial charge is 0.496 e. The molecule has 1 aromatic heterocycles. The first-order valence-electron chi connectivity index (χ1n) is 5.20. The van der Waals surface area contributed by atoms with Crippen LogP contribution in [0, 0.1) is 0 Å². The summed E-state index contributed by atoms with van der Waals surface area (Å²) in [4.78, 5) is 15.0. The van der Waals surface area contributed by atoms with Crippen molar-refractivity contribution < 1.29 is 24.1 Å². The van der Waals surface area contributed by atoms with E-state index in [9.17, 15) is 4.79 Å². The van der Waals surface area contributed by atoms with Gasteiger partial charge in [-0.2, -0.15) is 0 Å². The molecule has 0 atom stereocenters. The van der Waals surface area contributed by atoms with Gasteiger partial charge in [-0.05, 0) is 6.07 Å². The molecule has 0 fully saturated rings. The molecule has 0 spiro atoms. The molecule has 1 aliphatic rings.